The maximum absolute atomic E-state index is 13.0. The molecule has 1 aromatic carbocycles. The van der Waals surface area contributed by atoms with Crippen LogP contribution in [0.15, 0.2) is 30.3 Å². The Kier molecular flexibility index (Phi) is 7.73. The Labute approximate surface area is 158 Å². The minimum Gasteiger partial charge on any atom is -0.334 e. The van der Waals surface area contributed by atoms with Crippen molar-refractivity contribution in [3.05, 3.63) is 35.9 Å². The molecule has 1 saturated heterocycles. The van der Waals surface area contributed by atoms with Crippen molar-refractivity contribution in [1.29, 1.82) is 0 Å². The smallest absolute Gasteiger partial charge is 0.237 e. The van der Waals surface area contributed by atoms with Crippen LogP contribution in [0.4, 0.5) is 0 Å². The van der Waals surface area contributed by atoms with E-state index in [9.17, 15) is 4.79 Å². The molecule has 5 heteroatoms. The molecule has 1 aliphatic carbocycles. The highest BCUT2D eigenvalue weighted by Gasteiger charge is 2.35. The number of nitrogens with zero attached hydrogens (tertiary/aromatic N) is 2. The Morgan fingerprint density at radius 1 is 1.28 bits per heavy atom. The molecule has 4 nitrogen and oxygen atoms in total. The second-order valence-electron chi connectivity index (χ2n) is 7.45. The summed E-state index contributed by atoms with van der Waals surface area (Å²) >= 11 is 0. The van der Waals surface area contributed by atoms with E-state index in [2.05, 4.69) is 46.3 Å². The van der Waals surface area contributed by atoms with Gasteiger partial charge in [-0.2, -0.15) is 0 Å². The fourth-order valence-electron chi connectivity index (χ4n) is 3.79. The van der Waals surface area contributed by atoms with Gasteiger partial charge in [0.15, 0.2) is 0 Å². The standard InChI is InChI=1S/C20H31N3O.ClH/c1-16(18-10-11-18)23(13-17-7-4-3-5-8-17)20(24)15-22-12-6-9-19(14-22)21-2;/h3-5,7-8,16,18-19,21H,6,9-15H2,1-2H3;1H. The van der Waals surface area contributed by atoms with Gasteiger partial charge >= 0.3 is 0 Å². The highest BCUT2D eigenvalue weighted by atomic mass is 35.5. The van der Waals surface area contributed by atoms with Crippen LogP contribution < -0.4 is 5.32 Å². The summed E-state index contributed by atoms with van der Waals surface area (Å²) in [5.41, 5.74) is 1.23. The Balaban J connectivity index is 0.00000225. The molecule has 1 amide bonds. The van der Waals surface area contributed by atoms with Crippen molar-refractivity contribution >= 4 is 18.3 Å². The van der Waals surface area contributed by atoms with Gasteiger partial charge in [-0.05, 0) is 57.7 Å². The van der Waals surface area contributed by atoms with E-state index in [1.807, 2.05) is 13.1 Å². The Morgan fingerprint density at radius 2 is 2.00 bits per heavy atom. The summed E-state index contributed by atoms with van der Waals surface area (Å²) in [6, 6.07) is 11.3. The number of piperidine rings is 1. The van der Waals surface area contributed by atoms with Gasteiger partial charge in [0.2, 0.25) is 5.91 Å². The molecule has 0 radical (unpaired) electrons. The molecule has 1 aromatic rings. The van der Waals surface area contributed by atoms with E-state index in [4.69, 9.17) is 0 Å². The number of carbonyl (C=O) groups excluding carboxylic acids is 1. The molecule has 2 aliphatic rings. The topological polar surface area (TPSA) is 35.6 Å². The van der Waals surface area contributed by atoms with Gasteiger partial charge in [0.25, 0.3) is 0 Å². The van der Waals surface area contributed by atoms with Crippen LogP contribution in [0.1, 0.15) is 38.2 Å². The summed E-state index contributed by atoms with van der Waals surface area (Å²) in [6.07, 6.45) is 4.93. The van der Waals surface area contributed by atoms with Crippen LogP contribution in [0.2, 0.25) is 0 Å². The van der Waals surface area contributed by atoms with Gasteiger partial charge in [-0.3, -0.25) is 9.69 Å². The fourth-order valence-corrected chi connectivity index (χ4v) is 3.79. The normalized spacial score (nSPS) is 22.1. The molecule has 0 spiro atoms. The number of nitrogens with one attached hydrogen (secondary N) is 1. The third-order valence-corrected chi connectivity index (χ3v) is 5.58. The van der Waals surface area contributed by atoms with Crippen LogP contribution in [-0.2, 0) is 11.3 Å². The fraction of sp³-hybridized carbons (Fsp3) is 0.650. The van der Waals surface area contributed by atoms with Crippen molar-refractivity contribution in [1.82, 2.24) is 15.1 Å². The lowest BCUT2D eigenvalue weighted by Gasteiger charge is -2.35. The second-order valence-corrected chi connectivity index (χ2v) is 7.45. The lowest BCUT2D eigenvalue weighted by atomic mass is 10.1. The lowest BCUT2D eigenvalue weighted by Crippen LogP contribution is -2.50. The van der Waals surface area contributed by atoms with E-state index in [1.165, 1.54) is 31.2 Å². The first-order chi connectivity index (χ1) is 11.7. The van der Waals surface area contributed by atoms with Gasteiger partial charge in [0.1, 0.15) is 0 Å². The van der Waals surface area contributed by atoms with Crippen molar-refractivity contribution in [2.24, 2.45) is 5.92 Å². The number of likely N-dealkylation sites (N-methyl/N-ethyl adjacent to an activating group) is 1. The molecule has 1 N–H and O–H groups in total. The zero-order valence-corrected chi connectivity index (χ0v) is 16.3. The van der Waals surface area contributed by atoms with Crippen molar-refractivity contribution in [2.45, 2.75) is 51.2 Å². The maximum atomic E-state index is 13.0. The molecule has 3 rings (SSSR count). The van der Waals surface area contributed by atoms with Crippen LogP contribution in [0.25, 0.3) is 0 Å². The van der Waals surface area contributed by atoms with Crippen molar-refractivity contribution < 1.29 is 4.79 Å². The van der Waals surface area contributed by atoms with E-state index < -0.39 is 0 Å². The van der Waals surface area contributed by atoms with Crippen LogP contribution in [0.3, 0.4) is 0 Å². The van der Waals surface area contributed by atoms with E-state index in [1.54, 1.807) is 0 Å². The van der Waals surface area contributed by atoms with Gasteiger partial charge in [-0.15, -0.1) is 12.4 Å². The minimum absolute atomic E-state index is 0. The largest absolute Gasteiger partial charge is 0.334 e. The highest BCUT2D eigenvalue weighted by molar-refractivity contribution is 5.85. The quantitative estimate of drug-likeness (QED) is 0.807. The second kappa shape index (κ2) is 9.56. The third-order valence-electron chi connectivity index (χ3n) is 5.58. The molecular formula is C20H32ClN3O. The van der Waals surface area contributed by atoms with Crippen molar-refractivity contribution in [3.8, 4) is 0 Å². The number of hydrogen-bond donors (Lipinski definition) is 1. The van der Waals surface area contributed by atoms with Gasteiger partial charge < -0.3 is 10.2 Å². The van der Waals surface area contributed by atoms with Crippen molar-refractivity contribution in [2.75, 3.05) is 26.7 Å². The molecule has 1 heterocycles. The zero-order valence-electron chi connectivity index (χ0n) is 15.5. The van der Waals surface area contributed by atoms with Crippen LogP contribution in [-0.4, -0.2) is 54.5 Å². The average Bonchev–Trinajstić information content (AvgIpc) is 3.45. The predicted molar refractivity (Wildman–Crippen MR) is 105 cm³/mol. The molecule has 140 valence electrons. The first-order valence-corrected chi connectivity index (χ1v) is 9.40. The van der Waals surface area contributed by atoms with Crippen molar-refractivity contribution in [3.63, 3.8) is 0 Å². The summed E-state index contributed by atoms with van der Waals surface area (Å²) in [4.78, 5) is 17.5. The summed E-state index contributed by atoms with van der Waals surface area (Å²) in [6.45, 7) is 5.55. The van der Waals surface area contributed by atoms with Crippen LogP contribution in [0, 0.1) is 5.92 Å². The molecule has 2 atom stereocenters. The first-order valence-electron chi connectivity index (χ1n) is 9.40. The summed E-state index contributed by atoms with van der Waals surface area (Å²) in [7, 11) is 2.02. The third kappa shape index (κ3) is 5.70. The molecule has 2 fully saturated rings. The van der Waals surface area contributed by atoms with Gasteiger partial charge in [-0.25, -0.2) is 0 Å². The van der Waals surface area contributed by atoms with E-state index in [0.29, 0.717) is 24.5 Å². The van der Waals surface area contributed by atoms with Crippen LogP contribution in [0.5, 0.6) is 0 Å². The summed E-state index contributed by atoms with van der Waals surface area (Å²) in [5.74, 6) is 0.985. The van der Waals surface area contributed by atoms with E-state index in [0.717, 1.165) is 19.6 Å². The maximum Gasteiger partial charge on any atom is 0.237 e. The monoisotopic (exact) mass is 365 g/mol. The predicted octanol–water partition coefficient (Wildman–Crippen LogP) is 2.92. The molecule has 0 aromatic heterocycles. The number of carbonyl (C=O) groups is 1. The van der Waals surface area contributed by atoms with Gasteiger partial charge in [0, 0.05) is 25.2 Å². The lowest BCUT2D eigenvalue weighted by molar-refractivity contribution is -0.136. The summed E-state index contributed by atoms with van der Waals surface area (Å²) < 4.78 is 0. The number of amides is 1. The average molecular weight is 366 g/mol. The molecule has 0 bridgehead atoms. The number of likely N-dealkylation sites (tertiary alicyclic amines) is 1. The SMILES string of the molecule is CNC1CCCN(CC(=O)N(Cc2ccccc2)C(C)C2CC2)C1.Cl. The number of rotatable bonds is 7. The Bertz CT molecular complexity index is 535. The Morgan fingerprint density at radius 3 is 2.64 bits per heavy atom. The molecule has 1 saturated carbocycles. The summed E-state index contributed by atoms with van der Waals surface area (Å²) in [5, 5.41) is 3.36. The Hall–Kier alpha value is -1.10. The number of benzene rings is 1. The van der Waals surface area contributed by atoms with E-state index >= 15 is 0 Å². The van der Waals surface area contributed by atoms with Gasteiger partial charge in [-0.1, -0.05) is 30.3 Å². The van der Waals surface area contributed by atoms with Gasteiger partial charge in [0.05, 0.1) is 6.54 Å². The molecule has 1 aliphatic heterocycles. The molecular weight excluding hydrogens is 334 g/mol. The number of halogens is 1. The highest BCUT2D eigenvalue weighted by Crippen LogP contribution is 2.35. The van der Waals surface area contributed by atoms with E-state index in [-0.39, 0.29) is 18.3 Å². The first kappa shape index (κ1) is 20.2. The molecule has 25 heavy (non-hydrogen) atoms. The molecule has 2 unspecified atom stereocenters. The zero-order chi connectivity index (χ0) is 16.9. The van der Waals surface area contributed by atoms with Crippen LogP contribution >= 0.6 is 12.4 Å². The minimum atomic E-state index is 0. The number of hydrogen-bond acceptors (Lipinski definition) is 3.